The molecule has 0 aliphatic carbocycles. The van der Waals surface area contributed by atoms with Gasteiger partial charge >= 0.3 is 0 Å². The van der Waals surface area contributed by atoms with Crippen molar-refractivity contribution in [3.63, 3.8) is 0 Å². The van der Waals surface area contributed by atoms with Crippen LogP contribution in [0.1, 0.15) is 30.9 Å². The van der Waals surface area contributed by atoms with E-state index in [1.54, 1.807) is 6.20 Å². The van der Waals surface area contributed by atoms with Crippen LogP contribution >= 0.6 is 0 Å². The summed E-state index contributed by atoms with van der Waals surface area (Å²) in [4.78, 5) is 24.9. The number of aliphatic hydroxyl groups excluding tert-OH is 1. The van der Waals surface area contributed by atoms with Gasteiger partial charge in [-0.2, -0.15) is 0 Å². The van der Waals surface area contributed by atoms with E-state index in [2.05, 4.69) is 14.9 Å². The second-order valence-electron chi connectivity index (χ2n) is 6.66. The van der Waals surface area contributed by atoms with Gasteiger partial charge in [0.1, 0.15) is 0 Å². The van der Waals surface area contributed by atoms with Crippen molar-refractivity contribution in [2.75, 3.05) is 39.0 Å². The molecule has 23 heavy (non-hydrogen) atoms. The van der Waals surface area contributed by atoms with E-state index in [4.69, 9.17) is 5.73 Å². The summed E-state index contributed by atoms with van der Waals surface area (Å²) in [5, 5.41) is 10.1. The molecule has 2 atom stereocenters. The molecular formula is C16H25N5O2. The predicted molar refractivity (Wildman–Crippen MR) is 86.6 cm³/mol. The number of hydrogen-bond donors (Lipinski definition) is 2. The molecule has 126 valence electrons. The van der Waals surface area contributed by atoms with Crippen LogP contribution in [0.15, 0.2) is 12.3 Å². The number of aromatic nitrogens is 2. The van der Waals surface area contributed by atoms with Crippen LogP contribution in [0, 0.1) is 5.92 Å². The molecule has 7 nitrogen and oxygen atoms in total. The number of rotatable bonds is 2. The zero-order valence-corrected chi connectivity index (χ0v) is 13.6. The van der Waals surface area contributed by atoms with Crippen molar-refractivity contribution in [3.05, 3.63) is 18.0 Å². The van der Waals surface area contributed by atoms with Crippen molar-refractivity contribution in [1.82, 2.24) is 19.8 Å². The first-order valence-electron chi connectivity index (χ1n) is 8.28. The third-order valence-electron chi connectivity index (χ3n) is 5.02. The van der Waals surface area contributed by atoms with Gasteiger partial charge in [0.15, 0.2) is 0 Å². The normalized spacial score (nSPS) is 27.1. The summed E-state index contributed by atoms with van der Waals surface area (Å²) in [5.74, 6) is 0.419. The summed E-state index contributed by atoms with van der Waals surface area (Å²) < 4.78 is 0. The molecule has 0 unspecified atom stereocenters. The number of amides is 1. The van der Waals surface area contributed by atoms with Crippen LogP contribution in [0.5, 0.6) is 0 Å². The molecule has 7 heteroatoms. The second-order valence-corrected chi connectivity index (χ2v) is 6.66. The number of carbonyl (C=O) groups is 1. The van der Waals surface area contributed by atoms with Gasteiger partial charge in [-0.05, 0) is 32.4 Å². The molecule has 3 rings (SSSR count). The van der Waals surface area contributed by atoms with Gasteiger partial charge in [0.05, 0.1) is 12.0 Å². The lowest BCUT2D eigenvalue weighted by atomic mass is 9.90. The predicted octanol–water partition coefficient (Wildman–Crippen LogP) is 0.0774. The van der Waals surface area contributed by atoms with Crippen molar-refractivity contribution in [2.45, 2.75) is 31.3 Å². The summed E-state index contributed by atoms with van der Waals surface area (Å²) in [6, 6.07) is 1.90. The average molecular weight is 319 g/mol. The van der Waals surface area contributed by atoms with Crippen LogP contribution in [0.3, 0.4) is 0 Å². The first-order valence-corrected chi connectivity index (χ1v) is 8.28. The maximum absolute atomic E-state index is 12.7. The number of piperidine rings is 2. The van der Waals surface area contributed by atoms with Crippen molar-refractivity contribution in [3.8, 4) is 0 Å². The van der Waals surface area contributed by atoms with E-state index in [1.807, 2.05) is 18.0 Å². The van der Waals surface area contributed by atoms with Crippen LogP contribution in [0.2, 0.25) is 0 Å². The Kier molecular flexibility index (Phi) is 4.77. The largest absolute Gasteiger partial charge is 0.392 e. The molecule has 0 spiro atoms. The highest BCUT2D eigenvalue weighted by Gasteiger charge is 2.36. The Bertz CT molecular complexity index is 559. The Morgan fingerprint density at radius 2 is 2.04 bits per heavy atom. The third kappa shape index (κ3) is 3.61. The zero-order valence-electron chi connectivity index (χ0n) is 13.6. The second kappa shape index (κ2) is 6.80. The molecule has 1 aromatic heterocycles. The Morgan fingerprint density at radius 3 is 2.74 bits per heavy atom. The minimum Gasteiger partial charge on any atom is -0.392 e. The van der Waals surface area contributed by atoms with Crippen LogP contribution in [0.4, 0.5) is 5.95 Å². The summed E-state index contributed by atoms with van der Waals surface area (Å²) in [7, 11) is 2.00. The lowest BCUT2D eigenvalue weighted by Crippen LogP contribution is -2.51. The van der Waals surface area contributed by atoms with Gasteiger partial charge in [0.25, 0.3) is 0 Å². The van der Waals surface area contributed by atoms with E-state index in [0.717, 1.165) is 25.1 Å². The van der Waals surface area contributed by atoms with Gasteiger partial charge in [-0.15, -0.1) is 0 Å². The molecule has 0 aromatic carbocycles. The number of nitrogens with two attached hydrogens (primary N) is 1. The number of hydrogen-bond acceptors (Lipinski definition) is 6. The molecule has 1 amide bonds. The SMILES string of the molecule is CN1CC[C@H](O)[C@H](C(=O)N2CCC(c3ccnc(N)n3)CC2)C1. The minimum atomic E-state index is -0.516. The highest BCUT2D eigenvalue weighted by Crippen LogP contribution is 2.28. The summed E-state index contributed by atoms with van der Waals surface area (Å²) >= 11 is 0. The molecule has 0 bridgehead atoms. The number of nitrogen functional groups attached to an aromatic ring is 1. The number of anilines is 1. The van der Waals surface area contributed by atoms with Crippen LogP contribution < -0.4 is 5.73 Å². The summed E-state index contributed by atoms with van der Waals surface area (Å²) in [5.41, 5.74) is 6.61. The fraction of sp³-hybridized carbons (Fsp3) is 0.688. The quantitative estimate of drug-likeness (QED) is 0.801. The molecule has 0 saturated carbocycles. The van der Waals surface area contributed by atoms with Gasteiger partial charge in [-0.25, -0.2) is 9.97 Å². The van der Waals surface area contributed by atoms with Gasteiger partial charge in [0.2, 0.25) is 11.9 Å². The lowest BCUT2D eigenvalue weighted by Gasteiger charge is -2.38. The van der Waals surface area contributed by atoms with Crippen molar-refractivity contribution in [2.24, 2.45) is 5.92 Å². The van der Waals surface area contributed by atoms with E-state index in [-0.39, 0.29) is 11.8 Å². The summed E-state index contributed by atoms with van der Waals surface area (Å²) in [6.45, 7) is 2.91. The van der Waals surface area contributed by atoms with E-state index in [1.165, 1.54) is 0 Å². The highest BCUT2D eigenvalue weighted by molar-refractivity contribution is 5.80. The maximum Gasteiger partial charge on any atom is 0.229 e. The van der Waals surface area contributed by atoms with Crippen LogP contribution in [-0.4, -0.2) is 70.1 Å². The first kappa shape index (κ1) is 16.1. The molecule has 2 saturated heterocycles. The molecule has 1 aromatic rings. The fourth-order valence-electron chi connectivity index (χ4n) is 3.59. The summed E-state index contributed by atoms with van der Waals surface area (Å²) in [6.07, 6.45) is 3.59. The monoisotopic (exact) mass is 319 g/mol. The Labute approximate surface area is 136 Å². The number of nitrogens with zero attached hydrogens (tertiary/aromatic N) is 4. The van der Waals surface area contributed by atoms with E-state index < -0.39 is 6.10 Å². The fourth-order valence-corrected chi connectivity index (χ4v) is 3.59. The van der Waals surface area contributed by atoms with E-state index in [0.29, 0.717) is 37.9 Å². The highest BCUT2D eigenvalue weighted by atomic mass is 16.3. The smallest absolute Gasteiger partial charge is 0.229 e. The Morgan fingerprint density at radius 1 is 1.30 bits per heavy atom. The van der Waals surface area contributed by atoms with Crippen molar-refractivity contribution < 1.29 is 9.90 Å². The number of carbonyl (C=O) groups excluding carboxylic acids is 1. The van der Waals surface area contributed by atoms with Crippen molar-refractivity contribution in [1.29, 1.82) is 0 Å². The van der Waals surface area contributed by atoms with Gasteiger partial charge in [-0.3, -0.25) is 4.79 Å². The number of likely N-dealkylation sites (tertiary alicyclic amines) is 2. The lowest BCUT2D eigenvalue weighted by molar-refractivity contribution is -0.143. The molecule has 2 aliphatic heterocycles. The van der Waals surface area contributed by atoms with E-state index in [9.17, 15) is 9.90 Å². The van der Waals surface area contributed by atoms with Gasteiger partial charge < -0.3 is 20.6 Å². The van der Waals surface area contributed by atoms with E-state index >= 15 is 0 Å². The third-order valence-corrected chi connectivity index (χ3v) is 5.02. The van der Waals surface area contributed by atoms with Crippen LogP contribution in [0.25, 0.3) is 0 Å². The molecule has 2 aliphatic rings. The maximum atomic E-state index is 12.7. The standard InChI is InChI=1S/C16H25N5O2/c1-20-7-5-14(22)12(10-20)15(23)21-8-3-11(4-9-21)13-2-6-18-16(17)19-13/h2,6,11-12,14,22H,3-5,7-10H2,1H3,(H2,17,18,19)/t12-,14+/m1/s1. The molecule has 2 fully saturated rings. The minimum absolute atomic E-state index is 0.0877. The Hall–Kier alpha value is -1.73. The topological polar surface area (TPSA) is 95.6 Å². The Balaban J connectivity index is 1.59. The zero-order chi connectivity index (χ0) is 16.4. The molecule has 0 radical (unpaired) electrons. The molecular weight excluding hydrogens is 294 g/mol. The van der Waals surface area contributed by atoms with Crippen molar-refractivity contribution >= 4 is 11.9 Å². The van der Waals surface area contributed by atoms with Crippen LogP contribution in [-0.2, 0) is 4.79 Å². The molecule has 3 heterocycles. The molecule has 3 N–H and O–H groups in total. The average Bonchev–Trinajstić information content (AvgIpc) is 2.56. The number of aliphatic hydroxyl groups is 1. The van der Waals surface area contributed by atoms with Gasteiger partial charge in [0, 0.05) is 44.0 Å². The first-order chi connectivity index (χ1) is 11.0. The van der Waals surface area contributed by atoms with Gasteiger partial charge in [-0.1, -0.05) is 0 Å².